The van der Waals surface area contributed by atoms with Crippen LogP contribution in [0, 0.1) is 0 Å². The maximum absolute atomic E-state index is 12.9. The normalized spacial score (nSPS) is 11.6. The molecule has 70 heavy (non-hydrogen) atoms. The van der Waals surface area contributed by atoms with Crippen molar-refractivity contribution in [3.8, 4) is 29.0 Å². The number of aromatic nitrogens is 4. The Morgan fingerprint density at radius 1 is 0.757 bits per heavy atom. The number of halogens is 9. The summed E-state index contributed by atoms with van der Waals surface area (Å²) in [6.45, 7) is 0.768. The third-order valence-electron chi connectivity index (χ3n) is 8.19. The number of fused-ring (bicyclic) bond motifs is 1. The van der Waals surface area contributed by atoms with Crippen molar-refractivity contribution in [2.24, 2.45) is 0 Å². The number of benzene rings is 3. The van der Waals surface area contributed by atoms with Crippen molar-refractivity contribution in [3.05, 3.63) is 123 Å². The van der Waals surface area contributed by atoms with Gasteiger partial charge < -0.3 is 33.9 Å². The summed E-state index contributed by atoms with van der Waals surface area (Å²) in [5, 5.41) is 18.9. The van der Waals surface area contributed by atoms with Gasteiger partial charge in [0.1, 0.15) is 22.8 Å². The van der Waals surface area contributed by atoms with E-state index in [0.717, 1.165) is 42.8 Å². The molecule has 0 aliphatic carbocycles. The number of anilines is 1. The molecule has 0 aliphatic rings. The molecule has 3 heterocycles. The summed E-state index contributed by atoms with van der Waals surface area (Å²) in [4.78, 5) is 59.9. The zero-order chi connectivity index (χ0) is 52.1. The molecule has 1 atom stereocenters. The largest absolute Gasteiger partial charge is 0.481 e. The first-order valence-electron chi connectivity index (χ1n) is 18.7. The molecule has 2 amide bonds. The van der Waals surface area contributed by atoms with Gasteiger partial charge in [-0.25, -0.2) is 28.9 Å². The molecule has 6 aromatic rings. The Morgan fingerprint density at radius 2 is 1.37 bits per heavy atom. The van der Waals surface area contributed by atoms with Crippen molar-refractivity contribution in [3.63, 3.8) is 0 Å². The fourth-order valence-corrected chi connectivity index (χ4v) is 6.73. The van der Waals surface area contributed by atoms with Crippen LogP contribution in [0.25, 0.3) is 10.9 Å². The van der Waals surface area contributed by atoms with E-state index in [1.54, 1.807) is 30.5 Å². The summed E-state index contributed by atoms with van der Waals surface area (Å²) in [7, 11) is -2.39. The lowest BCUT2D eigenvalue weighted by Gasteiger charge is -2.13. The van der Waals surface area contributed by atoms with Crippen LogP contribution in [0.2, 0.25) is 15.1 Å². The third kappa shape index (κ3) is 15.6. The number of rotatable bonds is 13. The van der Waals surface area contributed by atoms with Crippen molar-refractivity contribution in [1.29, 1.82) is 0 Å². The highest BCUT2D eigenvalue weighted by molar-refractivity contribution is 7.90. The Balaban J connectivity index is 0.000000236. The van der Waals surface area contributed by atoms with Gasteiger partial charge in [-0.2, -0.15) is 44.7 Å². The molecular weight excluding hydrogens is 1040 g/mol. The van der Waals surface area contributed by atoms with Gasteiger partial charge in [0.2, 0.25) is 17.7 Å². The van der Waals surface area contributed by atoms with E-state index in [1.807, 2.05) is 5.32 Å². The molecule has 3 aromatic carbocycles. The topological polar surface area (TPSA) is 265 Å². The highest BCUT2D eigenvalue weighted by atomic mass is 35.5. The van der Waals surface area contributed by atoms with Crippen molar-refractivity contribution in [1.82, 2.24) is 24.7 Å². The molecule has 0 bridgehead atoms. The van der Waals surface area contributed by atoms with Crippen LogP contribution in [0.5, 0.6) is 29.0 Å². The molecule has 0 radical (unpaired) electrons. The monoisotopic (exact) mass is 1070 g/mol. The van der Waals surface area contributed by atoms with Gasteiger partial charge in [0.25, 0.3) is 10.0 Å². The zero-order valence-corrected chi connectivity index (χ0v) is 38.5. The van der Waals surface area contributed by atoms with E-state index in [9.17, 15) is 53.9 Å². The number of carbonyl (C=O) groups is 4. The van der Waals surface area contributed by atoms with E-state index in [1.165, 1.54) is 37.1 Å². The van der Waals surface area contributed by atoms with Crippen LogP contribution in [-0.2, 0) is 36.7 Å². The SMILES string of the molecule is COc1cc(OC)nc(NC(=O)NS(=O)(=O)c2ncccc2C(F)(F)F)n1.C[C@H](OC(=O)c1cc(Oc2ccc(C(F)(F)F)cc2Cl)ccc1Cl)C(=O)O.O=C(O)COc1ccc(Cl)c2cccnc12. The number of amides is 2. The summed E-state index contributed by atoms with van der Waals surface area (Å²) in [5.74, 6) is -3.42. The smallest absolute Gasteiger partial charge is 0.419 e. The van der Waals surface area contributed by atoms with Gasteiger partial charge in [0, 0.05) is 17.8 Å². The lowest BCUT2D eigenvalue weighted by Crippen LogP contribution is -2.36. The second-order valence-electron chi connectivity index (χ2n) is 13.1. The summed E-state index contributed by atoms with van der Waals surface area (Å²) in [6.07, 6.45) is -8.50. The van der Waals surface area contributed by atoms with Crippen LogP contribution >= 0.6 is 34.8 Å². The molecule has 0 fully saturated rings. The number of esters is 1. The number of sulfonamides is 1. The lowest BCUT2D eigenvalue weighted by atomic mass is 10.2. The number of hydrogen-bond acceptors (Lipinski definition) is 15. The fraction of sp³-hybridized carbons (Fsp3) is 0.171. The van der Waals surface area contributed by atoms with Crippen LogP contribution in [0.3, 0.4) is 0 Å². The van der Waals surface area contributed by atoms with E-state index < -0.39 is 81.1 Å². The third-order valence-corrected chi connectivity index (χ3v) is 10.4. The second kappa shape index (κ2) is 23.7. The van der Waals surface area contributed by atoms with E-state index in [2.05, 4.69) is 19.9 Å². The molecule has 4 N–H and O–H groups in total. The minimum absolute atomic E-state index is 0.0101. The molecule has 0 saturated heterocycles. The van der Waals surface area contributed by atoms with E-state index in [4.69, 9.17) is 68.7 Å². The highest BCUT2D eigenvalue weighted by Gasteiger charge is 2.39. The predicted molar refractivity (Wildman–Crippen MR) is 234 cm³/mol. The van der Waals surface area contributed by atoms with Gasteiger partial charge in [-0.15, -0.1) is 0 Å². The number of urea groups is 1. The maximum Gasteiger partial charge on any atom is 0.419 e. The molecule has 19 nitrogen and oxygen atoms in total. The first kappa shape index (κ1) is 55.2. The molecule has 0 unspecified atom stereocenters. The van der Waals surface area contributed by atoms with Gasteiger partial charge in [0.15, 0.2) is 17.7 Å². The predicted octanol–water partition coefficient (Wildman–Crippen LogP) is 9.20. The summed E-state index contributed by atoms with van der Waals surface area (Å²) in [5.41, 5.74) is -2.07. The number of methoxy groups -OCH3 is 2. The summed E-state index contributed by atoms with van der Waals surface area (Å²) in [6, 6.07) is 14.5. The van der Waals surface area contributed by atoms with Gasteiger partial charge in [-0.05, 0) is 79.7 Å². The molecule has 6 rings (SSSR count). The van der Waals surface area contributed by atoms with Crippen molar-refractivity contribution in [2.45, 2.75) is 30.4 Å². The molecule has 0 aliphatic heterocycles. The quantitative estimate of drug-likeness (QED) is 0.0620. The average molecular weight is 1070 g/mol. The number of nitrogens with one attached hydrogen (secondary N) is 2. The molecular formula is C41H31Cl3F6N6O13S. The fourth-order valence-electron chi connectivity index (χ4n) is 5.04. The Labute approximate surface area is 405 Å². The number of pyridine rings is 2. The number of aliphatic carboxylic acids is 2. The molecule has 372 valence electrons. The van der Waals surface area contributed by atoms with Crippen LogP contribution in [0.4, 0.5) is 37.1 Å². The van der Waals surface area contributed by atoms with Gasteiger partial charge >= 0.3 is 36.3 Å². The molecule has 0 saturated carbocycles. The zero-order valence-electron chi connectivity index (χ0n) is 35.4. The second-order valence-corrected chi connectivity index (χ2v) is 15.9. The summed E-state index contributed by atoms with van der Waals surface area (Å²) < 4.78 is 127. The number of hydrogen-bond donors (Lipinski definition) is 4. The number of ether oxygens (including phenoxy) is 5. The number of carbonyl (C=O) groups excluding carboxylic acids is 2. The lowest BCUT2D eigenvalue weighted by molar-refractivity contribution is -0.146. The van der Waals surface area contributed by atoms with Crippen molar-refractivity contribution < 1.29 is 87.8 Å². The first-order valence-corrected chi connectivity index (χ1v) is 21.3. The number of carboxylic acids is 2. The van der Waals surface area contributed by atoms with Gasteiger partial charge in [-0.1, -0.05) is 34.8 Å². The van der Waals surface area contributed by atoms with Crippen LogP contribution in [0.1, 0.15) is 28.4 Å². The Morgan fingerprint density at radius 3 is 1.96 bits per heavy atom. The van der Waals surface area contributed by atoms with Crippen molar-refractivity contribution >= 4 is 85.6 Å². The first-order chi connectivity index (χ1) is 32.7. The number of alkyl halides is 6. The minimum atomic E-state index is -4.99. The van der Waals surface area contributed by atoms with E-state index in [-0.39, 0.29) is 38.9 Å². The minimum Gasteiger partial charge on any atom is -0.481 e. The molecule has 3 aromatic heterocycles. The van der Waals surface area contributed by atoms with Crippen LogP contribution < -0.4 is 29.0 Å². The standard InChI is InChI=1S/C17H11Cl2F3O5.C13H12F3N5O5S.C11H8ClNO3/c1-8(15(23)24)26-16(25)11-7-10(3-4-12(11)18)27-14-5-2-9(6-13(14)19)17(20,21)22;1-25-8-6-9(26-2)19-11(18-8)20-12(22)21-27(23,24)10-7(13(14,15)16)4-3-5-17-10;12-8-3-4-9(16-6-10(14)15)11-7(8)2-1-5-13-11/h2-8H,1H3,(H,23,24);3-6H,1-2H3,(H2,18,19,20,21,22);1-5H,6H2,(H,14,15)/t8-;;/m0../s1. The highest BCUT2D eigenvalue weighted by Crippen LogP contribution is 2.38. The Hall–Kier alpha value is -7.42. The average Bonchev–Trinajstić information content (AvgIpc) is 3.29. The van der Waals surface area contributed by atoms with Gasteiger partial charge in [0.05, 0.1) is 52.0 Å². The Bertz CT molecular complexity index is 2990. The van der Waals surface area contributed by atoms with Crippen LogP contribution in [-0.4, -0.2) is 89.4 Å². The van der Waals surface area contributed by atoms with Crippen LogP contribution in [0.15, 0.2) is 96.3 Å². The Kier molecular flexibility index (Phi) is 18.7. The van der Waals surface area contributed by atoms with E-state index >= 15 is 0 Å². The molecule has 29 heteroatoms. The summed E-state index contributed by atoms with van der Waals surface area (Å²) >= 11 is 17.7. The molecule has 0 spiro atoms. The van der Waals surface area contributed by atoms with E-state index in [0.29, 0.717) is 28.4 Å². The number of carboxylic acid groups (broad SMARTS) is 2. The van der Waals surface area contributed by atoms with Crippen molar-refractivity contribution in [2.75, 3.05) is 26.1 Å². The van der Waals surface area contributed by atoms with Gasteiger partial charge in [-0.3, -0.25) is 10.3 Å². The maximum atomic E-state index is 12.9. The number of nitrogens with zero attached hydrogens (tertiary/aromatic N) is 4.